The van der Waals surface area contributed by atoms with Crippen LogP contribution in [-0.4, -0.2) is 28.8 Å². The minimum atomic E-state index is -3.58. The van der Waals surface area contributed by atoms with Crippen LogP contribution in [0.25, 0.3) is 11.6 Å². The van der Waals surface area contributed by atoms with Gasteiger partial charge in [-0.3, -0.25) is 0 Å². The summed E-state index contributed by atoms with van der Waals surface area (Å²) in [4.78, 5) is 4.22. The van der Waals surface area contributed by atoms with Crippen molar-refractivity contribution in [3.63, 3.8) is 0 Å². The highest BCUT2D eigenvalue weighted by molar-refractivity contribution is 7.89. The molecule has 0 aliphatic carbocycles. The summed E-state index contributed by atoms with van der Waals surface area (Å²) in [5.41, 5.74) is 2.17. The van der Waals surface area contributed by atoms with Crippen molar-refractivity contribution in [2.75, 3.05) is 11.6 Å². The molecule has 0 saturated heterocycles. The predicted octanol–water partition coefficient (Wildman–Crippen LogP) is 2.27. The molecule has 2 heterocycles. The molecule has 0 spiro atoms. The monoisotopic (exact) mass is 332 g/mol. The third-order valence-electron chi connectivity index (χ3n) is 3.21. The van der Waals surface area contributed by atoms with Gasteiger partial charge in [0.15, 0.2) is 5.76 Å². The summed E-state index contributed by atoms with van der Waals surface area (Å²) in [5.74, 6) is 0.775. The average molecular weight is 332 g/mol. The van der Waals surface area contributed by atoms with Crippen LogP contribution < -0.4 is 5.32 Å². The lowest BCUT2D eigenvalue weighted by Gasteiger charge is -2.06. The third kappa shape index (κ3) is 3.42. The zero-order chi connectivity index (χ0) is 16.4. The van der Waals surface area contributed by atoms with Crippen molar-refractivity contribution < 1.29 is 12.8 Å². The molecule has 0 amide bonds. The topological polar surface area (TPSA) is 90.0 Å². The first kappa shape index (κ1) is 15.3. The van der Waals surface area contributed by atoms with Gasteiger partial charge in [-0.25, -0.2) is 8.42 Å². The van der Waals surface area contributed by atoms with Crippen molar-refractivity contribution in [2.24, 2.45) is 0 Å². The van der Waals surface area contributed by atoms with Gasteiger partial charge in [-0.05, 0) is 24.6 Å². The lowest BCUT2D eigenvalue weighted by molar-refractivity contribution is 0.575. The number of anilines is 1. The van der Waals surface area contributed by atoms with Crippen molar-refractivity contribution in [1.82, 2.24) is 14.2 Å². The molecule has 0 saturated carbocycles. The fourth-order valence-corrected chi connectivity index (χ4v) is 2.68. The molecule has 120 valence electrons. The number of rotatable bonds is 5. The van der Waals surface area contributed by atoms with Crippen LogP contribution in [0.2, 0.25) is 0 Å². The zero-order valence-corrected chi connectivity index (χ0v) is 13.5. The van der Waals surface area contributed by atoms with Crippen LogP contribution in [0.5, 0.6) is 0 Å². The summed E-state index contributed by atoms with van der Waals surface area (Å²) in [5, 5.41) is 7.02. The maximum Gasteiger partial charge on any atom is 0.254 e. The maximum absolute atomic E-state index is 11.9. The molecule has 0 fully saturated rings. The molecule has 0 radical (unpaired) electrons. The number of furan rings is 1. The van der Waals surface area contributed by atoms with Gasteiger partial charge >= 0.3 is 0 Å². The van der Waals surface area contributed by atoms with Gasteiger partial charge in [0.2, 0.25) is 11.8 Å². The Hall–Kier alpha value is -2.61. The Morgan fingerprint density at radius 3 is 2.57 bits per heavy atom. The second-order valence-corrected chi connectivity index (χ2v) is 6.99. The summed E-state index contributed by atoms with van der Waals surface area (Å²) < 4.78 is 29.9. The highest BCUT2D eigenvalue weighted by Gasteiger charge is 2.19. The van der Waals surface area contributed by atoms with Crippen LogP contribution in [0.3, 0.4) is 0 Å². The Bertz CT molecular complexity index is 897. The molecule has 0 aliphatic heterocycles. The molecule has 0 unspecified atom stereocenters. The van der Waals surface area contributed by atoms with Crippen LogP contribution in [0.1, 0.15) is 11.1 Å². The number of benzene rings is 1. The first-order valence-electron chi connectivity index (χ1n) is 6.94. The summed E-state index contributed by atoms with van der Waals surface area (Å²) in [6.07, 6.45) is 2.56. The Kier molecular flexibility index (Phi) is 3.91. The van der Waals surface area contributed by atoms with Gasteiger partial charge in [-0.2, -0.15) is 4.98 Å². The normalized spacial score (nSPS) is 11.6. The molecule has 3 rings (SSSR count). The lowest BCUT2D eigenvalue weighted by atomic mass is 10.1. The Labute approximate surface area is 134 Å². The van der Waals surface area contributed by atoms with Crippen molar-refractivity contribution >= 4 is 16.0 Å². The highest BCUT2D eigenvalue weighted by atomic mass is 32.2. The molecular weight excluding hydrogens is 316 g/mol. The molecule has 1 N–H and O–H groups in total. The maximum atomic E-state index is 11.9. The Morgan fingerprint density at radius 2 is 1.96 bits per heavy atom. The van der Waals surface area contributed by atoms with Gasteiger partial charge in [0, 0.05) is 6.54 Å². The van der Waals surface area contributed by atoms with E-state index in [-0.39, 0.29) is 11.8 Å². The minimum absolute atomic E-state index is 0.152. The molecular formula is C15H16N4O3S. The molecule has 23 heavy (non-hydrogen) atoms. The van der Waals surface area contributed by atoms with Gasteiger partial charge < -0.3 is 9.73 Å². The summed E-state index contributed by atoms with van der Waals surface area (Å²) in [6, 6.07) is 11.3. The summed E-state index contributed by atoms with van der Waals surface area (Å²) in [7, 11) is -3.58. The van der Waals surface area contributed by atoms with Crippen molar-refractivity contribution in [3.8, 4) is 11.6 Å². The van der Waals surface area contributed by atoms with Gasteiger partial charge in [0.25, 0.3) is 10.0 Å². The number of aryl methyl sites for hydroxylation is 1. The standard InChI is InChI=1S/C15H16N4O3S/c1-11-5-7-12(8-6-11)10-16-15-17-14(13-4-3-9-22-13)18-19(15)23(2,20)21/h3-9H,10H2,1-2H3,(H,16,17,18). The second-order valence-electron chi connectivity index (χ2n) is 5.18. The number of hydrogen-bond donors (Lipinski definition) is 1. The first-order valence-corrected chi connectivity index (χ1v) is 8.79. The molecule has 0 bridgehead atoms. The Balaban J connectivity index is 1.89. The van der Waals surface area contributed by atoms with E-state index >= 15 is 0 Å². The summed E-state index contributed by atoms with van der Waals surface area (Å²) >= 11 is 0. The van der Waals surface area contributed by atoms with Gasteiger partial charge in [-0.1, -0.05) is 29.8 Å². The van der Waals surface area contributed by atoms with E-state index in [9.17, 15) is 8.42 Å². The van der Waals surface area contributed by atoms with Crippen LogP contribution in [-0.2, 0) is 16.6 Å². The number of nitrogens with zero attached hydrogens (tertiary/aromatic N) is 3. The smallest absolute Gasteiger partial charge is 0.254 e. The Morgan fingerprint density at radius 1 is 1.22 bits per heavy atom. The number of aromatic nitrogens is 3. The van der Waals surface area contributed by atoms with E-state index in [4.69, 9.17) is 4.42 Å². The van der Waals surface area contributed by atoms with Gasteiger partial charge in [0.1, 0.15) is 0 Å². The fraction of sp³-hybridized carbons (Fsp3) is 0.200. The van der Waals surface area contributed by atoms with Crippen molar-refractivity contribution in [1.29, 1.82) is 0 Å². The van der Waals surface area contributed by atoms with Gasteiger partial charge in [0.05, 0.1) is 12.5 Å². The quantitative estimate of drug-likeness (QED) is 0.771. The van der Waals surface area contributed by atoms with E-state index in [2.05, 4.69) is 15.4 Å². The molecule has 1 aromatic carbocycles. The van der Waals surface area contributed by atoms with E-state index in [1.54, 1.807) is 12.1 Å². The number of hydrogen-bond acceptors (Lipinski definition) is 6. The van der Waals surface area contributed by atoms with Gasteiger partial charge in [-0.15, -0.1) is 9.19 Å². The SMILES string of the molecule is Cc1ccc(CNc2nc(-c3ccco3)nn2S(C)(=O)=O)cc1. The largest absolute Gasteiger partial charge is 0.461 e. The molecule has 0 aliphatic rings. The van der Waals surface area contributed by atoms with Crippen LogP contribution in [0, 0.1) is 6.92 Å². The van der Waals surface area contributed by atoms with Crippen LogP contribution in [0.15, 0.2) is 47.1 Å². The van der Waals surface area contributed by atoms with Crippen LogP contribution >= 0.6 is 0 Å². The van der Waals surface area contributed by atoms with Crippen LogP contribution in [0.4, 0.5) is 5.95 Å². The summed E-state index contributed by atoms with van der Waals surface area (Å²) in [6.45, 7) is 2.44. The van der Waals surface area contributed by atoms with E-state index < -0.39 is 10.0 Å². The number of nitrogens with one attached hydrogen (secondary N) is 1. The molecule has 7 nitrogen and oxygen atoms in total. The second kappa shape index (κ2) is 5.88. The van der Waals surface area contributed by atoms with E-state index in [1.165, 1.54) is 6.26 Å². The first-order chi connectivity index (χ1) is 10.9. The predicted molar refractivity (Wildman–Crippen MR) is 86.5 cm³/mol. The fourth-order valence-electron chi connectivity index (χ4n) is 2.03. The molecule has 3 aromatic rings. The highest BCUT2D eigenvalue weighted by Crippen LogP contribution is 2.19. The van der Waals surface area contributed by atoms with Crippen molar-refractivity contribution in [2.45, 2.75) is 13.5 Å². The average Bonchev–Trinajstić information content (AvgIpc) is 3.15. The third-order valence-corrected chi connectivity index (χ3v) is 4.09. The van der Waals surface area contributed by atoms with Crippen molar-refractivity contribution in [3.05, 3.63) is 53.8 Å². The lowest BCUT2D eigenvalue weighted by Crippen LogP contribution is -2.16. The van der Waals surface area contributed by atoms with E-state index in [1.807, 2.05) is 31.2 Å². The zero-order valence-electron chi connectivity index (χ0n) is 12.7. The van der Waals surface area contributed by atoms with E-state index in [0.29, 0.717) is 12.3 Å². The molecule has 2 aromatic heterocycles. The minimum Gasteiger partial charge on any atom is -0.461 e. The molecule has 0 atom stereocenters. The van der Waals surface area contributed by atoms with E-state index in [0.717, 1.165) is 21.5 Å². The molecule has 8 heteroatoms.